The lowest BCUT2D eigenvalue weighted by atomic mass is 9.99. The van der Waals surface area contributed by atoms with E-state index in [1.165, 1.54) is 19.1 Å². The zero-order valence-electron chi connectivity index (χ0n) is 31.0. The van der Waals surface area contributed by atoms with E-state index in [2.05, 4.69) is 43.4 Å². The molecule has 3 amide bonds. The number of nitrogens with one attached hydrogen (secondary N) is 4. The van der Waals surface area contributed by atoms with Gasteiger partial charge in [0.25, 0.3) is 0 Å². The average molecular weight is 778 g/mol. The number of ketones is 1. The standard InChI is InChI=1S/C39H46F3N9O3S/c1-23(52)25-12-13-28-26(20-25)21-29-34(28)36(47-32(45-29)19-24-8-5-9-27(18-24)38(49-50-38)39(40,41)42)44-15-7-17-51(2)16-6-14-43-33(53)11-4-3-10-31-35-30(22-55-31)46-37(54)48-35/h5,8-9,12-13,18,20,30-31,35H,3-4,6-7,10-11,14-17,19,21-22H2,1-2H3,(H,43,53)(H,44,45,47)(H2,46,48,54). The lowest BCUT2D eigenvalue weighted by Gasteiger charge is -2.18. The van der Waals surface area contributed by atoms with Crippen LogP contribution in [0.1, 0.15) is 84.0 Å². The van der Waals surface area contributed by atoms with Crippen LogP contribution in [0.3, 0.4) is 0 Å². The molecule has 4 N–H and O–H groups in total. The number of benzene rings is 2. The van der Waals surface area contributed by atoms with Crippen LogP contribution in [0.25, 0.3) is 11.1 Å². The normalized spacial score (nSPS) is 20.1. The Kier molecular flexibility index (Phi) is 11.4. The maximum absolute atomic E-state index is 13.7. The highest BCUT2D eigenvalue weighted by molar-refractivity contribution is 8.00. The number of halogens is 3. The van der Waals surface area contributed by atoms with Crippen molar-refractivity contribution < 1.29 is 27.6 Å². The van der Waals surface area contributed by atoms with Crippen molar-refractivity contribution >= 4 is 35.3 Å². The van der Waals surface area contributed by atoms with Crippen molar-refractivity contribution in [3.05, 3.63) is 76.2 Å². The monoisotopic (exact) mass is 777 g/mol. The Balaban J connectivity index is 0.884. The number of urea groups is 1. The van der Waals surface area contributed by atoms with E-state index in [1.54, 1.807) is 12.1 Å². The minimum absolute atomic E-state index is 0.0239. The van der Waals surface area contributed by atoms with E-state index in [-0.39, 0.29) is 41.8 Å². The van der Waals surface area contributed by atoms with Crippen molar-refractivity contribution in [1.82, 2.24) is 30.8 Å². The van der Waals surface area contributed by atoms with E-state index in [9.17, 15) is 27.6 Å². The van der Waals surface area contributed by atoms with Crippen LogP contribution in [0.4, 0.5) is 23.8 Å². The Hall–Kier alpha value is -4.57. The second-order valence-electron chi connectivity index (χ2n) is 14.8. The minimum atomic E-state index is -4.61. The summed E-state index contributed by atoms with van der Waals surface area (Å²) in [4.78, 5) is 48.0. The van der Waals surface area contributed by atoms with Gasteiger partial charge in [0.1, 0.15) is 11.6 Å². The van der Waals surface area contributed by atoms with E-state index in [1.807, 2.05) is 30.0 Å². The second-order valence-corrected chi connectivity index (χ2v) is 16.1. The number of alkyl halides is 3. The molecule has 7 rings (SSSR count). The molecule has 4 heterocycles. The first-order chi connectivity index (χ1) is 26.4. The van der Waals surface area contributed by atoms with Crippen molar-refractivity contribution in [1.29, 1.82) is 0 Å². The Morgan fingerprint density at radius 3 is 2.58 bits per heavy atom. The highest BCUT2D eigenvalue weighted by Crippen LogP contribution is 2.52. The molecule has 2 fully saturated rings. The van der Waals surface area contributed by atoms with Gasteiger partial charge in [-0.1, -0.05) is 42.8 Å². The van der Waals surface area contributed by atoms with E-state index < -0.39 is 11.8 Å². The molecule has 1 aromatic heterocycles. The smallest absolute Gasteiger partial charge is 0.369 e. The third-order valence-corrected chi connectivity index (χ3v) is 12.2. The third-order valence-electron chi connectivity index (χ3n) is 10.7. The van der Waals surface area contributed by atoms with Crippen LogP contribution in [-0.4, -0.2) is 95.1 Å². The van der Waals surface area contributed by atoms with Crippen LogP contribution in [0.5, 0.6) is 0 Å². The van der Waals surface area contributed by atoms with Gasteiger partial charge in [-0.25, -0.2) is 14.8 Å². The van der Waals surface area contributed by atoms with Crippen LogP contribution < -0.4 is 21.3 Å². The molecular weight excluding hydrogens is 732 g/mol. The molecule has 3 atom stereocenters. The molecule has 3 aromatic rings. The molecule has 3 aliphatic heterocycles. The number of rotatable bonds is 18. The number of thioether (sulfide) groups is 1. The van der Waals surface area contributed by atoms with Crippen molar-refractivity contribution in [2.45, 2.75) is 87.5 Å². The number of hydrogen-bond donors (Lipinski definition) is 4. The molecule has 0 radical (unpaired) electrons. The maximum Gasteiger partial charge on any atom is 0.442 e. The number of aromatic nitrogens is 2. The maximum atomic E-state index is 13.7. The zero-order chi connectivity index (χ0) is 38.7. The van der Waals surface area contributed by atoms with Crippen LogP contribution in [0.2, 0.25) is 0 Å². The number of Topliss-reactive ketones (excluding diaryl/α,β-unsaturated/α-hetero) is 1. The molecule has 0 bridgehead atoms. The van der Waals surface area contributed by atoms with Crippen LogP contribution in [0.15, 0.2) is 52.7 Å². The van der Waals surface area contributed by atoms with E-state index >= 15 is 0 Å². The Labute approximate surface area is 322 Å². The summed E-state index contributed by atoms with van der Waals surface area (Å²) in [5, 5.41) is 19.6. The molecule has 1 aliphatic carbocycles. The number of unbranched alkanes of at least 4 members (excludes halogenated alkanes) is 1. The van der Waals surface area contributed by atoms with Gasteiger partial charge in [-0.15, -0.1) is 10.2 Å². The summed E-state index contributed by atoms with van der Waals surface area (Å²) in [5.74, 6) is 2.12. The summed E-state index contributed by atoms with van der Waals surface area (Å²) >= 11 is 1.89. The quantitative estimate of drug-likeness (QED) is 0.0547. The summed E-state index contributed by atoms with van der Waals surface area (Å²) < 4.78 is 41.1. The average Bonchev–Trinajstić information content (AvgIpc) is 3.63. The molecule has 292 valence electrons. The fraction of sp³-hybridized carbons (Fsp3) is 0.513. The molecule has 2 aromatic carbocycles. The van der Waals surface area contributed by atoms with Gasteiger partial charge in [0.2, 0.25) is 5.91 Å². The van der Waals surface area contributed by atoms with Gasteiger partial charge in [-0.05, 0) is 75.5 Å². The number of anilines is 1. The second kappa shape index (κ2) is 16.3. The lowest BCUT2D eigenvalue weighted by Crippen LogP contribution is -2.36. The third kappa shape index (κ3) is 8.80. The van der Waals surface area contributed by atoms with Gasteiger partial charge in [-0.2, -0.15) is 24.9 Å². The zero-order valence-corrected chi connectivity index (χ0v) is 31.8. The van der Waals surface area contributed by atoms with Gasteiger partial charge in [0.05, 0.1) is 17.8 Å². The molecule has 0 spiro atoms. The van der Waals surface area contributed by atoms with E-state index in [0.717, 1.165) is 73.3 Å². The van der Waals surface area contributed by atoms with Crippen molar-refractivity contribution in [3.63, 3.8) is 0 Å². The summed E-state index contributed by atoms with van der Waals surface area (Å²) in [7, 11) is 2.05. The first-order valence-electron chi connectivity index (χ1n) is 18.9. The molecule has 0 saturated carbocycles. The van der Waals surface area contributed by atoms with E-state index in [4.69, 9.17) is 9.97 Å². The van der Waals surface area contributed by atoms with Gasteiger partial charge < -0.3 is 26.2 Å². The molecular formula is C39H46F3N9O3S. The SMILES string of the molecule is CC(=O)c1ccc2c(c1)Cc1nc(Cc3cccc(C4(C(F)(F)F)N=N4)c3)nc(NCCCN(C)CCCNC(=O)CCCCC3SCC4NC(=O)NC43)c1-2. The minimum Gasteiger partial charge on any atom is -0.369 e. The van der Waals surface area contributed by atoms with Crippen molar-refractivity contribution in [2.75, 3.05) is 44.3 Å². The molecule has 16 heteroatoms. The number of carbonyl (C=O) groups excluding carboxylic acids is 3. The highest BCUT2D eigenvalue weighted by atomic mass is 32.2. The first-order valence-corrected chi connectivity index (χ1v) is 20.0. The first kappa shape index (κ1) is 38.7. The number of fused-ring (bicyclic) bond motifs is 4. The topological polar surface area (TPSA) is 153 Å². The molecule has 12 nitrogen and oxygen atoms in total. The predicted octanol–water partition coefficient (Wildman–Crippen LogP) is 5.99. The van der Waals surface area contributed by atoms with Crippen molar-refractivity contribution in [2.24, 2.45) is 10.2 Å². The van der Waals surface area contributed by atoms with Gasteiger partial charge >= 0.3 is 17.9 Å². The summed E-state index contributed by atoms with van der Waals surface area (Å²) in [6.07, 6.45) is 1.07. The molecule has 55 heavy (non-hydrogen) atoms. The number of hydrogen-bond acceptors (Lipinski definition) is 10. The highest BCUT2D eigenvalue weighted by Gasteiger charge is 2.65. The van der Waals surface area contributed by atoms with Gasteiger partial charge in [0, 0.05) is 60.0 Å². The number of amides is 3. The largest absolute Gasteiger partial charge is 0.442 e. The van der Waals surface area contributed by atoms with Crippen LogP contribution in [-0.2, 0) is 23.3 Å². The molecule has 3 unspecified atom stereocenters. The van der Waals surface area contributed by atoms with Gasteiger partial charge in [-0.3, -0.25) is 9.59 Å². The van der Waals surface area contributed by atoms with Crippen LogP contribution in [0, 0.1) is 0 Å². The fourth-order valence-corrected chi connectivity index (χ4v) is 9.23. The van der Waals surface area contributed by atoms with E-state index in [0.29, 0.717) is 54.0 Å². The predicted molar refractivity (Wildman–Crippen MR) is 204 cm³/mol. The Bertz CT molecular complexity index is 1970. The number of carbonyl (C=O) groups is 3. The lowest BCUT2D eigenvalue weighted by molar-refractivity contribution is -0.166. The summed E-state index contributed by atoms with van der Waals surface area (Å²) in [6, 6.07) is 12.1. The fourth-order valence-electron chi connectivity index (χ4n) is 7.69. The molecule has 4 aliphatic rings. The molecule has 2 saturated heterocycles. The van der Waals surface area contributed by atoms with Crippen LogP contribution >= 0.6 is 11.8 Å². The van der Waals surface area contributed by atoms with Crippen molar-refractivity contribution in [3.8, 4) is 11.1 Å². The number of nitrogens with zero attached hydrogens (tertiary/aromatic N) is 5. The summed E-state index contributed by atoms with van der Waals surface area (Å²) in [6.45, 7) is 4.43. The Morgan fingerprint density at radius 1 is 1.02 bits per heavy atom. The van der Waals surface area contributed by atoms with Gasteiger partial charge in [0.15, 0.2) is 5.78 Å². The Morgan fingerprint density at radius 2 is 1.82 bits per heavy atom. The summed E-state index contributed by atoms with van der Waals surface area (Å²) in [5.41, 5.74) is 2.33.